The van der Waals surface area contributed by atoms with E-state index in [-0.39, 0.29) is 11.3 Å². The van der Waals surface area contributed by atoms with Crippen LogP contribution in [0.25, 0.3) is 11.0 Å². The average molecular weight is 492 g/mol. The van der Waals surface area contributed by atoms with Crippen LogP contribution in [0.5, 0.6) is 0 Å². The number of aliphatic hydroxyl groups is 1. The topological polar surface area (TPSA) is 83.9 Å². The highest BCUT2D eigenvalue weighted by Crippen LogP contribution is 2.43. The Bertz CT molecular complexity index is 1410. The zero-order chi connectivity index (χ0) is 22.6. The SMILES string of the molecule is Cc1ccc(N2C(=O)C(O)=C(C(=O)c3cc4cc(Br)ccc4o3)C2c2ccc(C)o2)cc1. The molecule has 4 aromatic rings. The van der Waals surface area contributed by atoms with Crippen LogP contribution in [0.1, 0.15) is 33.7 Å². The lowest BCUT2D eigenvalue weighted by Gasteiger charge is -2.25. The standard InChI is InChI=1S/C25H18BrNO5/c1-13-3-7-17(8-4-13)27-22(19-9-5-14(2)31-19)21(24(29)25(27)30)23(28)20-12-15-11-16(26)6-10-18(15)32-20/h3-12,22,29H,1-2H3. The lowest BCUT2D eigenvalue weighted by molar-refractivity contribution is -0.117. The first-order chi connectivity index (χ1) is 15.3. The number of halogens is 1. The van der Waals surface area contributed by atoms with Gasteiger partial charge in [-0.1, -0.05) is 33.6 Å². The van der Waals surface area contributed by atoms with E-state index in [2.05, 4.69) is 15.9 Å². The van der Waals surface area contributed by atoms with Crippen LogP contribution in [-0.4, -0.2) is 16.8 Å². The van der Waals surface area contributed by atoms with Crippen LogP contribution in [0.2, 0.25) is 0 Å². The zero-order valence-corrected chi connectivity index (χ0v) is 18.8. The minimum atomic E-state index is -0.925. The molecule has 0 spiro atoms. The second-order valence-electron chi connectivity index (χ2n) is 7.75. The van der Waals surface area contributed by atoms with Crippen molar-refractivity contribution in [3.63, 3.8) is 0 Å². The zero-order valence-electron chi connectivity index (χ0n) is 17.3. The first-order valence-corrected chi connectivity index (χ1v) is 10.8. The van der Waals surface area contributed by atoms with E-state index >= 15 is 0 Å². The Morgan fingerprint density at radius 1 is 1.00 bits per heavy atom. The summed E-state index contributed by atoms with van der Waals surface area (Å²) in [6.45, 7) is 3.71. The van der Waals surface area contributed by atoms with Gasteiger partial charge in [0.2, 0.25) is 5.78 Å². The van der Waals surface area contributed by atoms with Gasteiger partial charge in [0.05, 0.1) is 5.57 Å². The van der Waals surface area contributed by atoms with Crippen LogP contribution in [0.15, 0.2) is 85.3 Å². The molecule has 1 aliphatic heterocycles. The molecule has 0 bridgehead atoms. The fourth-order valence-corrected chi connectivity index (χ4v) is 4.32. The molecule has 5 rings (SSSR count). The van der Waals surface area contributed by atoms with Crippen LogP contribution in [0.3, 0.4) is 0 Å². The van der Waals surface area contributed by atoms with Gasteiger partial charge < -0.3 is 13.9 Å². The predicted octanol–water partition coefficient (Wildman–Crippen LogP) is 6.19. The Morgan fingerprint density at radius 2 is 1.75 bits per heavy atom. The smallest absolute Gasteiger partial charge is 0.294 e. The third kappa shape index (κ3) is 3.26. The van der Waals surface area contributed by atoms with Gasteiger partial charge >= 0.3 is 0 Å². The van der Waals surface area contributed by atoms with Crippen molar-refractivity contribution in [2.75, 3.05) is 4.90 Å². The number of benzene rings is 2. The van der Waals surface area contributed by atoms with Crippen molar-refractivity contribution >= 4 is 44.3 Å². The molecule has 2 aromatic heterocycles. The summed E-state index contributed by atoms with van der Waals surface area (Å²) in [5.74, 6) is -0.819. The Labute approximate surface area is 191 Å². The Hall–Kier alpha value is -3.58. The maximum Gasteiger partial charge on any atom is 0.294 e. The summed E-state index contributed by atoms with van der Waals surface area (Å²) in [5, 5.41) is 11.5. The molecule has 7 heteroatoms. The number of amides is 1. The van der Waals surface area contributed by atoms with Gasteiger partial charge in [0.25, 0.3) is 5.91 Å². The van der Waals surface area contributed by atoms with Gasteiger partial charge in [-0.05, 0) is 62.4 Å². The number of anilines is 1. The number of Topliss-reactive ketones (excluding diaryl/α,β-unsaturated/α-hetero) is 1. The molecule has 1 N–H and O–H groups in total. The van der Waals surface area contributed by atoms with Crippen molar-refractivity contribution in [2.24, 2.45) is 0 Å². The quantitative estimate of drug-likeness (QED) is 0.344. The van der Waals surface area contributed by atoms with Gasteiger partial charge in [-0.2, -0.15) is 0 Å². The predicted molar refractivity (Wildman–Crippen MR) is 123 cm³/mol. The highest BCUT2D eigenvalue weighted by atomic mass is 79.9. The molecule has 1 unspecified atom stereocenters. The molecular weight excluding hydrogens is 474 g/mol. The van der Waals surface area contributed by atoms with E-state index in [4.69, 9.17) is 8.83 Å². The van der Waals surface area contributed by atoms with Gasteiger partial charge in [-0.15, -0.1) is 0 Å². The van der Waals surface area contributed by atoms with E-state index in [0.29, 0.717) is 22.8 Å². The number of hydrogen-bond acceptors (Lipinski definition) is 5. The number of carbonyl (C=O) groups is 2. The molecule has 0 fully saturated rings. The molecule has 1 atom stereocenters. The van der Waals surface area contributed by atoms with E-state index in [0.717, 1.165) is 15.4 Å². The normalized spacial score (nSPS) is 16.4. The maximum absolute atomic E-state index is 13.5. The highest BCUT2D eigenvalue weighted by Gasteiger charge is 2.46. The van der Waals surface area contributed by atoms with Crippen LogP contribution < -0.4 is 4.90 Å². The lowest BCUT2D eigenvalue weighted by atomic mass is 9.99. The first-order valence-electron chi connectivity index (χ1n) is 9.97. The van der Waals surface area contributed by atoms with Gasteiger partial charge in [-0.3, -0.25) is 14.5 Å². The number of aliphatic hydroxyl groups excluding tert-OH is 1. The second-order valence-corrected chi connectivity index (χ2v) is 8.66. The minimum Gasteiger partial charge on any atom is -0.503 e. The number of aryl methyl sites for hydroxylation is 2. The van der Waals surface area contributed by atoms with Crippen molar-refractivity contribution in [1.82, 2.24) is 0 Å². The van der Waals surface area contributed by atoms with Crippen molar-refractivity contribution in [3.8, 4) is 0 Å². The fourth-order valence-electron chi connectivity index (χ4n) is 3.94. The Morgan fingerprint density at radius 3 is 2.44 bits per heavy atom. The molecular formula is C25H18BrNO5. The van der Waals surface area contributed by atoms with Crippen molar-refractivity contribution in [3.05, 3.63) is 99.3 Å². The summed E-state index contributed by atoms with van der Waals surface area (Å²) in [7, 11) is 0. The van der Waals surface area contributed by atoms with E-state index in [9.17, 15) is 14.7 Å². The number of rotatable bonds is 4. The van der Waals surface area contributed by atoms with Crippen LogP contribution in [0, 0.1) is 13.8 Å². The summed E-state index contributed by atoms with van der Waals surface area (Å²) < 4.78 is 12.4. The van der Waals surface area contributed by atoms with E-state index in [1.165, 1.54) is 4.90 Å². The lowest BCUT2D eigenvalue weighted by Crippen LogP contribution is -2.30. The summed E-state index contributed by atoms with van der Waals surface area (Å²) in [4.78, 5) is 28.0. The third-order valence-electron chi connectivity index (χ3n) is 5.50. The molecule has 6 nitrogen and oxygen atoms in total. The maximum atomic E-state index is 13.5. The minimum absolute atomic E-state index is 0.0338. The van der Waals surface area contributed by atoms with Crippen molar-refractivity contribution in [2.45, 2.75) is 19.9 Å². The molecule has 2 aromatic carbocycles. The summed E-state index contributed by atoms with van der Waals surface area (Å²) in [5.41, 5.74) is 2.01. The van der Waals surface area contributed by atoms with E-state index < -0.39 is 23.5 Å². The average Bonchev–Trinajstić information content (AvgIpc) is 3.45. The van der Waals surface area contributed by atoms with Crippen LogP contribution in [0.4, 0.5) is 5.69 Å². The molecule has 160 valence electrons. The molecule has 0 radical (unpaired) electrons. The molecule has 0 saturated heterocycles. The number of hydrogen-bond donors (Lipinski definition) is 1. The number of fused-ring (bicyclic) bond motifs is 1. The van der Waals surface area contributed by atoms with Gasteiger partial charge in [-0.25, -0.2) is 0 Å². The van der Waals surface area contributed by atoms with Gasteiger partial charge in [0, 0.05) is 15.5 Å². The van der Waals surface area contributed by atoms with E-state index in [1.54, 1.807) is 43.3 Å². The molecule has 1 amide bonds. The molecule has 0 saturated carbocycles. The number of nitrogens with zero attached hydrogens (tertiary/aromatic N) is 1. The van der Waals surface area contributed by atoms with Crippen LogP contribution in [-0.2, 0) is 4.79 Å². The number of furan rings is 2. The molecule has 3 heterocycles. The molecule has 0 aliphatic carbocycles. The van der Waals surface area contributed by atoms with Gasteiger partial charge in [0.1, 0.15) is 23.1 Å². The fraction of sp³-hybridized carbons (Fsp3) is 0.120. The van der Waals surface area contributed by atoms with E-state index in [1.807, 2.05) is 31.2 Å². The molecule has 1 aliphatic rings. The first kappa shape index (κ1) is 20.3. The van der Waals surface area contributed by atoms with Crippen molar-refractivity contribution in [1.29, 1.82) is 0 Å². The van der Waals surface area contributed by atoms with Crippen molar-refractivity contribution < 1.29 is 23.5 Å². The largest absolute Gasteiger partial charge is 0.503 e. The monoisotopic (exact) mass is 491 g/mol. The second kappa shape index (κ2) is 7.53. The number of ketones is 1. The van der Waals surface area contributed by atoms with Gasteiger partial charge in [0.15, 0.2) is 11.5 Å². The summed E-state index contributed by atoms with van der Waals surface area (Å²) in [6, 6.07) is 16.8. The summed E-state index contributed by atoms with van der Waals surface area (Å²) >= 11 is 3.40. The Kier molecular flexibility index (Phi) is 4.78. The van der Waals surface area contributed by atoms with Crippen LogP contribution >= 0.6 is 15.9 Å². The highest BCUT2D eigenvalue weighted by molar-refractivity contribution is 9.10. The summed E-state index contributed by atoms with van der Waals surface area (Å²) in [6.07, 6.45) is 0. The number of carbonyl (C=O) groups excluding carboxylic acids is 2. The molecule has 32 heavy (non-hydrogen) atoms. The Balaban J connectivity index is 1.65. The third-order valence-corrected chi connectivity index (χ3v) is 5.99.